The van der Waals surface area contributed by atoms with Crippen molar-refractivity contribution in [1.82, 2.24) is 9.55 Å². The van der Waals surface area contributed by atoms with Crippen molar-refractivity contribution in [2.24, 2.45) is 5.73 Å². The average molecular weight is 324 g/mol. The van der Waals surface area contributed by atoms with E-state index in [9.17, 15) is 0 Å². The van der Waals surface area contributed by atoms with Crippen molar-refractivity contribution in [3.05, 3.63) is 42.5 Å². The summed E-state index contributed by atoms with van der Waals surface area (Å²) in [6.45, 7) is 5.35. The normalized spacial score (nSPS) is 12.5. The molecule has 0 aliphatic heterocycles. The Bertz CT molecular complexity index is 840. The van der Waals surface area contributed by atoms with E-state index in [2.05, 4.69) is 17.6 Å². The van der Waals surface area contributed by atoms with Gasteiger partial charge in [0.15, 0.2) is 0 Å². The molecule has 3 aromatic rings. The molecule has 4 N–H and O–H groups in total. The Balaban J connectivity index is 2.11. The van der Waals surface area contributed by atoms with Crippen LogP contribution in [0.1, 0.15) is 20.3 Å². The van der Waals surface area contributed by atoms with E-state index in [1.165, 1.54) is 0 Å². The van der Waals surface area contributed by atoms with Crippen LogP contribution in [0.5, 0.6) is 5.75 Å². The largest absolute Gasteiger partial charge is 0.492 e. The topological polar surface area (TPSA) is 79.1 Å². The quantitative estimate of drug-likeness (QED) is 0.681. The molecule has 0 saturated carbocycles. The number of imidazole rings is 1. The van der Waals surface area contributed by atoms with E-state index in [0.29, 0.717) is 18.0 Å². The highest BCUT2D eigenvalue weighted by molar-refractivity contribution is 5.81. The Morgan fingerprint density at radius 2 is 1.96 bits per heavy atom. The van der Waals surface area contributed by atoms with Gasteiger partial charge in [-0.15, -0.1) is 0 Å². The summed E-state index contributed by atoms with van der Waals surface area (Å²) in [6, 6.07) is 14.0. The second-order valence-electron chi connectivity index (χ2n) is 5.89. The molecule has 126 valence electrons. The van der Waals surface area contributed by atoms with E-state index >= 15 is 0 Å². The molecule has 0 amide bonds. The number of anilines is 1. The summed E-state index contributed by atoms with van der Waals surface area (Å²) in [4.78, 5) is 4.80. The van der Waals surface area contributed by atoms with E-state index in [0.717, 1.165) is 35.4 Å². The highest BCUT2D eigenvalue weighted by atomic mass is 16.5. The molecule has 1 aromatic heterocycles. The van der Waals surface area contributed by atoms with Crippen LogP contribution in [-0.2, 0) is 6.54 Å². The van der Waals surface area contributed by atoms with E-state index in [4.69, 9.17) is 21.2 Å². The van der Waals surface area contributed by atoms with Crippen molar-refractivity contribution >= 4 is 16.7 Å². The number of ether oxygens (including phenoxy) is 1. The lowest BCUT2D eigenvalue weighted by atomic mass is 10.1. The van der Waals surface area contributed by atoms with E-state index < -0.39 is 0 Å². The molecule has 0 saturated heterocycles. The van der Waals surface area contributed by atoms with Crippen LogP contribution in [0.4, 0.5) is 5.69 Å². The van der Waals surface area contributed by atoms with Crippen molar-refractivity contribution in [1.29, 1.82) is 0 Å². The number of fused-ring (bicyclic) bond motifs is 1. The van der Waals surface area contributed by atoms with Crippen LogP contribution >= 0.6 is 0 Å². The maximum atomic E-state index is 6.20. The number of para-hydroxylation sites is 2. The third kappa shape index (κ3) is 3.08. The van der Waals surface area contributed by atoms with Gasteiger partial charge in [0, 0.05) is 18.2 Å². The van der Waals surface area contributed by atoms with Gasteiger partial charge in [0.1, 0.15) is 11.6 Å². The maximum absolute atomic E-state index is 6.20. The molecule has 1 unspecified atom stereocenters. The number of hydrogen-bond acceptors (Lipinski definition) is 4. The molecule has 0 radical (unpaired) electrons. The van der Waals surface area contributed by atoms with Crippen LogP contribution < -0.4 is 16.2 Å². The van der Waals surface area contributed by atoms with Gasteiger partial charge in [-0.25, -0.2) is 4.98 Å². The molecule has 0 aliphatic rings. The van der Waals surface area contributed by atoms with Crippen molar-refractivity contribution in [2.75, 3.05) is 12.3 Å². The molecular formula is C19H24N4O. The molecule has 5 nitrogen and oxygen atoms in total. The lowest BCUT2D eigenvalue weighted by Gasteiger charge is -2.15. The first-order valence-electron chi connectivity index (χ1n) is 8.37. The van der Waals surface area contributed by atoms with E-state index in [1.807, 2.05) is 43.3 Å². The number of hydrogen-bond donors (Lipinski definition) is 2. The van der Waals surface area contributed by atoms with Crippen LogP contribution in [0, 0.1) is 0 Å². The molecule has 0 fully saturated rings. The van der Waals surface area contributed by atoms with Crippen LogP contribution in [0.25, 0.3) is 22.4 Å². The zero-order chi connectivity index (χ0) is 17.1. The molecular weight excluding hydrogens is 300 g/mol. The minimum atomic E-state index is 0.0846. The Morgan fingerprint density at radius 1 is 1.17 bits per heavy atom. The zero-order valence-electron chi connectivity index (χ0n) is 14.2. The summed E-state index contributed by atoms with van der Waals surface area (Å²) in [6.07, 6.45) is 0.914. The SMILES string of the molecule is CCOc1ccc(-c2nc3ccccc3n2CC(N)CC)cc1N. The van der Waals surface area contributed by atoms with Gasteiger partial charge in [0.2, 0.25) is 0 Å². The summed E-state index contributed by atoms with van der Waals surface area (Å²) < 4.78 is 7.71. The van der Waals surface area contributed by atoms with Gasteiger partial charge in [-0.3, -0.25) is 0 Å². The number of nitrogens with two attached hydrogens (primary N) is 2. The third-order valence-corrected chi connectivity index (χ3v) is 4.16. The van der Waals surface area contributed by atoms with Crippen molar-refractivity contribution < 1.29 is 4.74 Å². The van der Waals surface area contributed by atoms with Crippen molar-refractivity contribution in [3.8, 4) is 17.1 Å². The Labute approximate surface area is 142 Å². The fourth-order valence-electron chi connectivity index (χ4n) is 2.82. The fraction of sp³-hybridized carbons (Fsp3) is 0.316. The summed E-state index contributed by atoms with van der Waals surface area (Å²) in [5, 5.41) is 0. The third-order valence-electron chi connectivity index (χ3n) is 4.16. The molecule has 5 heteroatoms. The summed E-state index contributed by atoms with van der Waals surface area (Å²) in [5.41, 5.74) is 16.0. The minimum absolute atomic E-state index is 0.0846. The average Bonchev–Trinajstić information content (AvgIpc) is 2.95. The fourth-order valence-corrected chi connectivity index (χ4v) is 2.82. The second-order valence-corrected chi connectivity index (χ2v) is 5.89. The molecule has 1 heterocycles. The predicted molar refractivity (Wildman–Crippen MR) is 99.0 cm³/mol. The lowest BCUT2D eigenvalue weighted by molar-refractivity contribution is 0.342. The van der Waals surface area contributed by atoms with Crippen molar-refractivity contribution in [2.45, 2.75) is 32.9 Å². The van der Waals surface area contributed by atoms with Gasteiger partial charge in [-0.2, -0.15) is 0 Å². The number of nitrogen functional groups attached to an aromatic ring is 1. The first-order chi connectivity index (χ1) is 11.6. The highest BCUT2D eigenvalue weighted by Crippen LogP contribution is 2.30. The van der Waals surface area contributed by atoms with E-state index in [1.54, 1.807) is 0 Å². The smallest absolute Gasteiger partial charge is 0.142 e. The second kappa shape index (κ2) is 6.93. The minimum Gasteiger partial charge on any atom is -0.492 e. The van der Waals surface area contributed by atoms with Gasteiger partial charge in [0.05, 0.1) is 23.3 Å². The Morgan fingerprint density at radius 3 is 2.67 bits per heavy atom. The maximum Gasteiger partial charge on any atom is 0.142 e. The molecule has 1 atom stereocenters. The summed E-state index contributed by atoms with van der Waals surface area (Å²) in [7, 11) is 0. The van der Waals surface area contributed by atoms with Gasteiger partial charge < -0.3 is 20.8 Å². The Hall–Kier alpha value is -2.53. The van der Waals surface area contributed by atoms with Gasteiger partial charge >= 0.3 is 0 Å². The number of rotatable bonds is 6. The van der Waals surface area contributed by atoms with Gasteiger partial charge in [-0.05, 0) is 43.7 Å². The predicted octanol–water partition coefficient (Wildman–Crippen LogP) is 3.42. The van der Waals surface area contributed by atoms with Crippen molar-refractivity contribution in [3.63, 3.8) is 0 Å². The van der Waals surface area contributed by atoms with E-state index in [-0.39, 0.29) is 6.04 Å². The summed E-state index contributed by atoms with van der Waals surface area (Å²) >= 11 is 0. The monoisotopic (exact) mass is 324 g/mol. The Kier molecular flexibility index (Phi) is 4.71. The zero-order valence-corrected chi connectivity index (χ0v) is 14.2. The molecule has 3 rings (SSSR count). The first-order valence-corrected chi connectivity index (χ1v) is 8.37. The van der Waals surface area contributed by atoms with Crippen LogP contribution in [0.15, 0.2) is 42.5 Å². The lowest BCUT2D eigenvalue weighted by Crippen LogP contribution is -2.25. The van der Waals surface area contributed by atoms with Crippen LogP contribution in [0.3, 0.4) is 0 Å². The highest BCUT2D eigenvalue weighted by Gasteiger charge is 2.15. The number of aromatic nitrogens is 2. The first kappa shape index (κ1) is 16.3. The molecule has 0 spiro atoms. The molecule has 0 aliphatic carbocycles. The standard InChI is InChI=1S/C19H24N4O/c1-3-14(20)12-23-17-8-6-5-7-16(17)22-19(23)13-9-10-18(24-4-2)15(21)11-13/h5-11,14H,3-4,12,20-21H2,1-2H3. The van der Waals surface area contributed by atoms with Crippen LogP contribution in [0.2, 0.25) is 0 Å². The number of benzene rings is 2. The molecule has 2 aromatic carbocycles. The summed E-state index contributed by atoms with van der Waals surface area (Å²) in [5.74, 6) is 1.59. The van der Waals surface area contributed by atoms with Gasteiger partial charge in [0.25, 0.3) is 0 Å². The van der Waals surface area contributed by atoms with Gasteiger partial charge in [-0.1, -0.05) is 19.1 Å². The molecule has 24 heavy (non-hydrogen) atoms. The number of nitrogens with zero attached hydrogens (tertiary/aromatic N) is 2. The van der Waals surface area contributed by atoms with Crippen LogP contribution in [-0.4, -0.2) is 22.2 Å². The molecule has 0 bridgehead atoms.